The molecule has 0 aromatic rings. The number of carboxylic acid groups (broad SMARTS) is 1. The van der Waals surface area contributed by atoms with Crippen molar-refractivity contribution in [1.82, 2.24) is 0 Å². The topological polar surface area (TPSA) is 92.2 Å². The summed E-state index contributed by atoms with van der Waals surface area (Å²) in [7, 11) is 1.82. The standard InChI is InChI=1S/C7H17N3O2/c1-10(4-2-8,5-3-9)6-7(11)12/h2-6,8-9H2,1H3. The van der Waals surface area contributed by atoms with Crippen molar-refractivity contribution in [3.63, 3.8) is 0 Å². The van der Waals surface area contributed by atoms with E-state index in [1.54, 1.807) is 0 Å². The number of carboxylic acids is 1. The number of hydrogen-bond acceptors (Lipinski definition) is 4. The van der Waals surface area contributed by atoms with Gasteiger partial charge in [0.1, 0.15) is 6.54 Å². The second-order valence-corrected chi connectivity index (χ2v) is 3.17. The summed E-state index contributed by atoms with van der Waals surface area (Å²) >= 11 is 0. The SMILES string of the molecule is C[N+](CCN)(CCN)CC(=O)[O-]. The van der Waals surface area contributed by atoms with E-state index in [4.69, 9.17) is 11.5 Å². The number of carbonyl (C=O) groups excluding carboxylic acids is 1. The zero-order valence-corrected chi connectivity index (χ0v) is 7.45. The number of rotatable bonds is 6. The van der Waals surface area contributed by atoms with Gasteiger partial charge in [0.25, 0.3) is 0 Å². The maximum absolute atomic E-state index is 10.4. The van der Waals surface area contributed by atoms with Gasteiger partial charge in [0.15, 0.2) is 0 Å². The first-order valence-corrected chi connectivity index (χ1v) is 3.97. The number of hydrogen-bond donors (Lipinski definition) is 2. The average molecular weight is 175 g/mol. The van der Waals surface area contributed by atoms with Crippen LogP contribution in [0.15, 0.2) is 0 Å². The Bertz CT molecular complexity index is 144. The Hall–Kier alpha value is -0.650. The lowest BCUT2D eigenvalue weighted by Gasteiger charge is -2.34. The van der Waals surface area contributed by atoms with Crippen LogP contribution in [-0.4, -0.2) is 50.2 Å². The predicted octanol–water partition coefficient (Wildman–Crippen LogP) is -2.90. The van der Waals surface area contributed by atoms with Crippen LogP contribution in [0.4, 0.5) is 0 Å². The van der Waals surface area contributed by atoms with Gasteiger partial charge in [-0.05, 0) is 0 Å². The van der Waals surface area contributed by atoms with E-state index in [0.29, 0.717) is 30.7 Å². The van der Waals surface area contributed by atoms with Crippen molar-refractivity contribution in [2.45, 2.75) is 0 Å². The lowest BCUT2D eigenvalue weighted by atomic mass is 10.3. The molecule has 0 unspecified atom stereocenters. The van der Waals surface area contributed by atoms with Crippen LogP contribution in [0.5, 0.6) is 0 Å². The summed E-state index contributed by atoms with van der Waals surface area (Å²) in [6.45, 7) is 2.14. The van der Waals surface area contributed by atoms with E-state index in [9.17, 15) is 9.90 Å². The Morgan fingerprint density at radius 3 is 2.00 bits per heavy atom. The van der Waals surface area contributed by atoms with E-state index < -0.39 is 5.97 Å². The number of nitrogens with two attached hydrogens (primary N) is 2. The van der Waals surface area contributed by atoms with E-state index in [1.165, 1.54) is 0 Å². The molecule has 0 aliphatic rings. The molecular weight excluding hydrogens is 158 g/mol. The quantitative estimate of drug-likeness (QED) is 0.424. The molecule has 0 aliphatic carbocycles. The highest BCUT2D eigenvalue weighted by Crippen LogP contribution is 1.98. The summed E-state index contributed by atoms with van der Waals surface area (Å²) in [6.07, 6.45) is 0. The van der Waals surface area contributed by atoms with Crippen molar-refractivity contribution in [3.8, 4) is 0 Å². The van der Waals surface area contributed by atoms with Gasteiger partial charge >= 0.3 is 0 Å². The van der Waals surface area contributed by atoms with Crippen LogP contribution in [-0.2, 0) is 4.79 Å². The Balaban J connectivity index is 4.07. The number of aliphatic carboxylic acids is 1. The minimum atomic E-state index is -1.06. The Labute approximate surface area is 72.5 Å². The number of nitrogens with zero attached hydrogens (tertiary/aromatic N) is 1. The highest BCUT2D eigenvalue weighted by Gasteiger charge is 2.19. The number of likely N-dealkylation sites (N-methyl/N-ethyl adjacent to an activating group) is 1. The zero-order chi connectivity index (χ0) is 9.61. The van der Waals surface area contributed by atoms with Crippen molar-refractivity contribution in [2.75, 3.05) is 39.8 Å². The third-order valence-corrected chi connectivity index (χ3v) is 1.85. The molecule has 0 heterocycles. The van der Waals surface area contributed by atoms with Crippen LogP contribution >= 0.6 is 0 Å². The fourth-order valence-corrected chi connectivity index (χ4v) is 1.20. The Kier molecular flexibility index (Phi) is 4.80. The first-order valence-electron chi connectivity index (χ1n) is 3.97. The fourth-order valence-electron chi connectivity index (χ4n) is 1.20. The first-order chi connectivity index (χ1) is 5.54. The second kappa shape index (κ2) is 5.08. The molecule has 0 amide bonds. The van der Waals surface area contributed by atoms with Gasteiger partial charge < -0.3 is 25.9 Å². The molecule has 0 aliphatic heterocycles. The van der Waals surface area contributed by atoms with Gasteiger partial charge in [-0.3, -0.25) is 0 Å². The van der Waals surface area contributed by atoms with E-state index in [-0.39, 0.29) is 6.54 Å². The second-order valence-electron chi connectivity index (χ2n) is 3.17. The van der Waals surface area contributed by atoms with Crippen LogP contribution < -0.4 is 16.6 Å². The molecule has 5 nitrogen and oxygen atoms in total. The normalized spacial score (nSPS) is 11.6. The summed E-state index contributed by atoms with van der Waals surface area (Å²) in [5.74, 6) is -1.06. The van der Waals surface area contributed by atoms with Crippen molar-refractivity contribution < 1.29 is 14.4 Å². The van der Waals surface area contributed by atoms with Crippen LogP contribution in [0.3, 0.4) is 0 Å². The largest absolute Gasteiger partial charge is 0.544 e. The lowest BCUT2D eigenvalue weighted by molar-refractivity contribution is -0.901. The fraction of sp³-hybridized carbons (Fsp3) is 0.857. The minimum Gasteiger partial charge on any atom is -0.544 e. The van der Waals surface area contributed by atoms with E-state index in [2.05, 4.69) is 0 Å². The Morgan fingerprint density at radius 1 is 1.33 bits per heavy atom. The molecule has 0 atom stereocenters. The van der Waals surface area contributed by atoms with Crippen LogP contribution in [0.25, 0.3) is 0 Å². The summed E-state index contributed by atoms with van der Waals surface area (Å²) < 4.78 is 0.356. The zero-order valence-electron chi connectivity index (χ0n) is 7.45. The molecule has 12 heavy (non-hydrogen) atoms. The molecular formula is C7H17N3O2. The average Bonchev–Trinajstić information content (AvgIpc) is 1.85. The molecule has 72 valence electrons. The molecule has 0 saturated heterocycles. The Morgan fingerprint density at radius 2 is 1.75 bits per heavy atom. The molecule has 5 heteroatoms. The molecule has 0 aromatic carbocycles. The number of quaternary nitrogens is 1. The molecule has 0 fully saturated rings. The summed E-state index contributed by atoms with van der Waals surface area (Å²) in [4.78, 5) is 10.4. The van der Waals surface area contributed by atoms with Gasteiger partial charge in [-0.1, -0.05) is 0 Å². The molecule has 0 saturated carbocycles. The first kappa shape index (κ1) is 11.4. The maximum Gasteiger partial charge on any atom is 0.119 e. The molecule has 4 N–H and O–H groups in total. The van der Waals surface area contributed by atoms with Gasteiger partial charge in [0.05, 0.1) is 26.1 Å². The smallest absolute Gasteiger partial charge is 0.119 e. The third kappa shape index (κ3) is 4.27. The summed E-state index contributed by atoms with van der Waals surface area (Å²) in [5.41, 5.74) is 10.7. The number of carbonyl (C=O) groups is 1. The van der Waals surface area contributed by atoms with E-state index in [0.717, 1.165) is 0 Å². The van der Waals surface area contributed by atoms with Gasteiger partial charge in [-0.2, -0.15) is 0 Å². The highest BCUT2D eigenvalue weighted by molar-refractivity contribution is 5.65. The van der Waals surface area contributed by atoms with E-state index >= 15 is 0 Å². The van der Waals surface area contributed by atoms with Crippen molar-refractivity contribution >= 4 is 5.97 Å². The van der Waals surface area contributed by atoms with Crippen LogP contribution in [0.2, 0.25) is 0 Å². The maximum atomic E-state index is 10.4. The van der Waals surface area contributed by atoms with E-state index in [1.807, 2.05) is 7.05 Å². The molecule has 0 spiro atoms. The minimum absolute atomic E-state index is 0.0194. The molecule has 0 rings (SSSR count). The van der Waals surface area contributed by atoms with Crippen molar-refractivity contribution in [1.29, 1.82) is 0 Å². The summed E-state index contributed by atoms with van der Waals surface area (Å²) in [6, 6.07) is 0. The van der Waals surface area contributed by atoms with Crippen LogP contribution in [0.1, 0.15) is 0 Å². The predicted molar refractivity (Wildman–Crippen MR) is 43.9 cm³/mol. The van der Waals surface area contributed by atoms with Gasteiger partial charge in [0, 0.05) is 13.1 Å². The van der Waals surface area contributed by atoms with Gasteiger partial charge in [-0.25, -0.2) is 0 Å². The summed E-state index contributed by atoms with van der Waals surface area (Å²) in [5, 5.41) is 10.4. The van der Waals surface area contributed by atoms with Crippen molar-refractivity contribution in [3.05, 3.63) is 0 Å². The molecule has 0 bridgehead atoms. The molecule has 0 radical (unpaired) electrons. The van der Waals surface area contributed by atoms with Crippen LogP contribution in [0, 0.1) is 0 Å². The monoisotopic (exact) mass is 175 g/mol. The van der Waals surface area contributed by atoms with Gasteiger partial charge in [0.2, 0.25) is 0 Å². The third-order valence-electron chi connectivity index (χ3n) is 1.85. The molecule has 0 aromatic heterocycles. The van der Waals surface area contributed by atoms with Crippen molar-refractivity contribution in [2.24, 2.45) is 11.5 Å². The lowest BCUT2D eigenvalue weighted by Crippen LogP contribution is -2.55. The highest BCUT2D eigenvalue weighted by atomic mass is 16.4. The van der Waals surface area contributed by atoms with Gasteiger partial charge in [-0.15, -0.1) is 0 Å².